The molecule has 2 aromatic rings. The van der Waals surface area contributed by atoms with Crippen molar-refractivity contribution in [2.45, 2.75) is 66.2 Å². The van der Waals surface area contributed by atoms with Gasteiger partial charge in [0.2, 0.25) is 0 Å². The fourth-order valence-corrected chi connectivity index (χ4v) is 6.96. The molecular formula is C34H38Cl2N2O5. The summed E-state index contributed by atoms with van der Waals surface area (Å²) in [5.41, 5.74) is 4.42. The second-order valence-electron chi connectivity index (χ2n) is 13.2. The highest BCUT2D eigenvalue weighted by molar-refractivity contribution is 6.42. The van der Waals surface area contributed by atoms with Gasteiger partial charge in [-0.2, -0.15) is 0 Å². The number of carbonyl (C=O) groups is 3. The molecule has 43 heavy (non-hydrogen) atoms. The summed E-state index contributed by atoms with van der Waals surface area (Å²) in [4.78, 5) is 42.5. The smallest absolute Gasteiger partial charge is 0.262 e. The minimum atomic E-state index is -0.485. The Morgan fingerprint density at radius 1 is 0.884 bits per heavy atom. The molecule has 0 radical (unpaired) electrons. The second kappa shape index (κ2) is 11.7. The fraction of sp³-hybridized carbons (Fsp3) is 0.441. The molecule has 0 unspecified atom stereocenters. The highest BCUT2D eigenvalue weighted by Crippen LogP contribution is 2.54. The number of ketones is 2. The number of amides is 1. The number of Topliss-reactive ketones (excluding diaryl/α,β-unsaturated/α-hetero) is 2. The first-order chi connectivity index (χ1) is 20.2. The fourth-order valence-electron chi connectivity index (χ4n) is 6.66. The van der Waals surface area contributed by atoms with Crippen molar-refractivity contribution in [3.8, 4) is 11.5 Å². The van der Waals surface area contributed by atoms with Gasteiger partial charge in [-0.1, -0.05) is 57.0 Å². The average Bonchev–Trinajstić information content (AvgIpc) is 2.91. The van der Waals surface area contributed by atoms with Crippen LogP contribution in [-0.4, -0.2) is 42.6 Å². The van der Waals surface area contributed by atoms with Gasteiger partial charge in [0, 0.05) is 53.5 Å². The van der Waals surface area contributed by atoms with E-state index < -0.39 is 5.92 Å². The van der Waals surface area contributed by atoms with Crippen molar-refractivity contribution in [2.24, 2.45) is 10.8 Å². The molecule has 0 saturated carbocycles. The van der Waals surface area contributed by atoms with Gasteiger partial charge in [0.15, 0.2) is 29.7 Å². The van der Waals surface area contributed by atoms with E-state index in [-0.39, 0.29) is 34.9 Å². The third kappa shape index (κ3) is 6.20. The highest BCUT2D eigenvalue weighted by atomic mass is 35.5. The molecule has 1 heterocycles. The Labute approximate surface area is 263 Å². The van der Waals surface area contributed by atoms with E-state index >= 15 is 0 Å². The Kier molecular flexibility index (Phi) is 8.45. The van der Waals surface area contributed by atoms with Crippen LogP contribution in [0, 0.1) is 10.8 Å². The van der Waals surface area contributed by atoms with Crippen molar-refractivity contribution >= 4 is 46.4 Å². The Morgan fingerprint density at radius 2 is 1.49 bits per heavy atom. The number of nitrogens with zero attached hydrogens (tertiary/aromatic N) is 1. The zero-order chi connectivity index (χ0) is 31.3. The van der Waals surface area contributed by atoms with Gasteiger partial charge in [0.05, 0.1) is 17.2 Å². The van der Waals surface area contributed by atoms with Gasteiger partial charge in [-0.25, -0.2) is 0 Å². The van der Waals surface area contributed by atoms with Gasteiger partial charge >= 0.3 is 0 Å². The number of allylic oxidation sites excluding steroid dienone is 4. The molecule has 0 saturated heterocycles. The van der Waals surface area contributed by atoms with Crippen LogP contribution in [0.4, 0.5) is 5.69 Å². The molecule has 1 N–H and O–H groups in total. The summed E-state index contributed by atoms with van der Waals surface area (Å²) in [6.07, 6.45) is 2.37. The average molecular weight is 626 g/mol. The minimum absolute atomic E-state index is 0.0807. The maximum Gasteiger partial charge on any atom is 0.262 e. The maximum absolute atomic E-state index is 13.9. The van der Waals surface area contributed by atoms with Crippen LogP contribution in [0.1, 0.15) is 71.8 Å². The van der Waals surface area contributed by atoms with Crippen LogP contribution in [0.25, 0.3) is 0 Å². The van der Waals surface area contributed by atoms with E-state index in [2.05, 4.69) is 44.8 Å². The number of methoxy groups -OCH3 is 1. The minimum Gasteiger partial charge on any atom is -0.493 e. The van der Waals surface area contributed by atoms with Crippen molar-refractivity contribution in [3.63, 3.8) is 0 Å². The van der Waals surface area contributed by atoms with Gasteiger partial charge in [-0.3, -0.25) is 14.4 Å². The zero-order valence-corrected chi connectivity index (χ0v) is 27.0. The monoisotopic (exact) mass is 624 g/mol. The number of ether oxygens (including phenoxy) is 2. The zero-order valence-electron chi connectivity index (χ0n) is 25.5. The SMILES string of the molecule is CCN1C2=C(C(=O)CC(C)(C)C2)C(c2ccc(OCC(=O)Nc3ccc(Cl)c(Cl)c3)c(OC)c2)C2=C1CC(C)(C)CC2=O. The third-order valence-corrected chi connectivity index (χ3v) is 9.16. The molecule has 1 aliphatic heterocycles. The molecule has 2 aromatic carbocycles. The van der Waals surface area contributed by atoms with Crippen LogP contribution < -0.4 is 14.8 Å². The summed E-state index contributed by atoms with van der Waals surface area (Å²) in [6, 6.07) is 10.3. The van der Waals surface area contributed by atoms with E-state index in [0.717, 1.165) is 29.8 Å². The number of anilines is 1. The molecule has 2 aliphatic carbocycles. The predicted molar refractivity (Wildman–Crippen MR) is 169 cm³/mol. The maximum atomic E-state index is 13.9. The first-order valence-corrected chi connectivity index (χ1v) is 15.3. The Balaban J connectivity index is 1.49. The van der Waals surface area contributed by atoms with Crippen LogP contribution in [0.15, 0.2) is 58.9 Å². The molecule has 0 fully saturated rings. The molecule has 9 heteroatoms. The van der Waals surface area contributed by atoms with Crippen molar-refractivity contribution in [1.29, 1.82) is 0 Å². The van der Waals surface area contributed by atoms with Crippen molar-refractivity contribution in [3.05, 3.63) is 74.5 Å². The summed E-state index contributed by atoms with van der Waals surface area (Å²) < 4.78 is 11.5. The van der Waals surface area contributed by atoms with E-state index in [0.29, 0.717) is 57.8 Å². The molecule has 7 nitrogen and oxygen atoms in total. The van der Waals surface area contributed by atoms with Crippen LogP contribution in [-0.2, 0) is 14.4 Å². The lowest BCUT2D eigenvalue weighted by atomic mass is 9.63. The highest BCUT2D eigenvalue weighted by Gasteiger charge is 2.48. The lowest BCUT2D eigenvalue weighted by Gasteiger charge is -2.48. The molecular weight excluding hydrogens is 587 g/mol. The van der Waals surface area contributed by atoms with E-state index in [1.165, 1.54) is 7.11 Å². The lowest BCUT2D eigenvalue weighted by molar-refractivity contribution is -0.120. The molecule has 5 rings (SSSR count). The third-order valence-electron chi connectivity index (χ3n) is 8.42. The predicted octanol–water partition coefficient (Wildman–Crippen LogP) is 7.73. The van der Waals surface area contributed by atoms with Gasteiger partial charge in [0.25, 0.3) is 5.91 Å². The number of hydrogen-bond donors (Lipinski definition) is 1. The van der Waals surface area contributed by atoms with Gasteiger partial charge in [-0.05, 0) is 66.5 Å². The van der Waals surface area contributed by atoms with E-state index in [9.17, 15) is 14.4 Å². The van der Waals surface area contributed by atoms with E-state index in [4.69, 9.17) is 32.7 Å². The van der Waals surface area contributed by atoms with Crippen LogP contribution in [0.5, 0.6) is 11.5 Å². The van der Waals surface area contributed by atoms with Gasteiger partial charge in [0.1, 0.15) is 0 Å². The number of hydrogen-bond acceptors (Lipinski definition) is 6. The van der Waals surface area contributed by atoms with E-state index in [1.807, 2.05) is 12.1 Å². The van der Waals surface area contributed by atoms with Crippen molar-refractivity contribution < 1.29 is 23.9 Å². The molecule has 0 spiro atoms. The molecule has 1 amide bonds. The summed E-state index contributed by atoms with van der Waals surface area (Å²) in [7, 11) is 1.53. The first kappa shape index (κ1) is 31.1. The van der Waals surface area contributed by atoms with Crippen molar-refractivity contribution in [1.82, 2.24) is 4.90 Å². The second-order valence-corrected chi connectivity index (χ2v) is 14.0. The summed E-state index contributed by atoms with van der Waals surface area (Å²) in [5.74, 6) is 0.0773. The number of benzene rings is 2. The van der Waals surface area contributed by atoms with Gasteiger partial charge < -0.3 is 19.7 Å². The number of halogens is 2. The summed E-state index contributed by atoms with van der Waals surface area (Å²) >= 11 is 12.0. The molecule has 0 atom stereocenters. The van der Waals surface area contributed by atoms with Crippen molar-refractivity contribution in [2.75, 3.05) is 25.6 Å². The van der Waals surface area contributed by atoms with Crippen LogP contribution >= 0.6 is 23.2 Å². The molecule has 3 aliphatic rings. The number of carbonyl (C=O) groups excluding carboxylic acids is 3. The molecule has 0 aromatic heterocycles. The Bertz CT molecular complexity index is 1520. The van der Waals surface area contributed by atoms with Crippen LogP contribution in [0.3, 0.4) is 0 Å². The molecule has 228 valence electrons. The Hall–Kier alpha value is -3.29. The number of nitrogens with one attached hydrogen (secondary N) is 1. The standard InChI is InChI=1S/C34H38Cl2N2O5/c1-7-38-23-14-33(2,3)16-25(39)31(23)30(32-24(38)15-34(4,5)17-26(32)40)19-8-11-27(28(12-19)42-6)43-18-29(41)37-20-9-10-21(35)22(36)13-20/h8-13,30H,7,14-18H2,1-6H3,(H,37,41). The quantitative estimate of drug-likeness (QED) is 0.339. The summed E-state index contributed by atoms with van der Waals surface area (Å²) in [6.45, 7) is 11.0. The topological polar surface area (TPSA) is 84.9 Å². The summed E-state index contributed by atoms with van der Waals surface area (Å²) in [5, 5.41) is 3.46. The van der Waals surface area contributed by atoms with E-state index in [1.54, 1.807) is 24.3 Å². The largest absolute Gasteiger partial charge is 0.493 e. The number of rotatable bonds is 7. The normalized spacial score (nSPS) is 19.7. The first-order valence-electron chi connectivity index (χ1n) is 14.6. The molecule has 0 bridgehead atoms. The van der Waals surface area contributed by atoms with Gasteiger partial charge in [-0.15, -0.1) is 0 Å². The Morgan fingerprint density at radius 3 is 2.02 bits per heavy atom. The van der Waals surface area contributed by atoms with Crippen LogP contribution in [0.2, 0.25) is 10.0 Å². The lowest BCUT2D eigenvalue weighted by Crippen LogP contribution is -2.44.